The summed E-state index contributed by atoms with van der Waals surface area (Å²) in [5, 5.41) is 9.44. The summed E-state index contributed by atoms with van der Waals surface area (Å²) in [5.74, 6) is -0.482. The van der Waals surface area contributed by atoms with Gasteiger partial charge >= 0.3 is 5.97 Å². The van der Waals surface area contributed by atoms with Crippen LogP contribution in [0.5, 0.6) is 11.5 Å². The van der Waals surface area contributed by atoms with Crippen molar-refractivity contribution >= 4 is 29.4 Å². The minimum absolute atomic E-state index is 0.169. The Kier molecular flexibility index (Phi) is 6.91. The average molecular weight is 376 g/mol. The summed E-state index contributed by atoms with van der Waals surface area (Å²) in [4.78, 5) is 23.8. The fourth-order valence-electron chi connectivity index (χ4n) is 2.01. The normalized spacial score (nSPS) is 12.0. The molecule has 136 valence electrons. The number of hydrogen-bond donors (Lipinski definition) is 2. The van der Waals surface area contributed by atoms with Gasteiger partial charge in [-0.3, -0.25) is 4.79 Å². The van der Waals surface area contributed by atoms with Crippen molar-refractivity contribution in [3.05, 3.63) is 64.7 Å². The van der Waals surface area contributed by atoms with Crippen molar-refractivity contribution in [1.82, 2.24) is 0 Å². The van der Waals surface area contributed by atoms with Crippen molar-refractivity contribution in [2.75, 3.05) is 13.7 Å². The Morgan fingerprint density at radius 2 is 1.88 bits per heavy atom. The number of ether oxygens (including phenoxy) is 2. The van der Waals surface area contributed by atoms with Crippen LogP contribution in [0.2, 0.25) is 5.02 Å². The van der Waals surface area contributed by atoms with Gasteiger partial charge in [0.15, 0.2) is 17.3 Å². The van der Waals surface area contributed by atoms with Crippen molar-refractivity contribution in [3.63, 3.8) is 0 Å². The molecule has 0 fully saturated rings. The number of carbonyl (C=O) groups is 2. The second kappa shape index (κ2) is 9.15. The number of ketones is 1. The van der Waals surface area contributed by atoms with Crippen LogP contribution in [0.25, 0.3) is 6.08 Å². The predicted octanol–water partition coefficient (Wildman–Crippen LogP) is 2.47. The van der Waals surface area contributed by atoms with E-state index < -0.39 is 18.6 Å². The summed E-state index contributed by atoms with van der Waals surface area (Å²) >= 11 is 5.80. The Bertz CT molecular complexity index is 817. The molecule has 1 atom stereocenters. The SMILES string of the molecule is COc1cc(/C=C/C(=O)c2ccc(Cl)cc2)ccc1OC(=O)[C@H](N)CO. The first-order valence-electron chi connectivity index (χ1n) is 7.68. The van der Waals surface area contributed by atoms with Crippen LogP contribution in [0.1, 0.15) is 15.9 Å². The van der Waals surface area contributed by atoms with Gasteiger partial charge in [-0.25, -0.2) is 4.79 Å². The zero-order valence-corrected chi connectivity index (χ0v) is 14.8. The van der Waals surface area contributed by atoms with Gasteiger partial charge in [0.1, 0.15) is 6.04 Å². The lowest BCUT2D eigenvalue weighted by molar-refractivity contribution is -0.136. The van der Waals surface area contributed by atoms with Gasteiger partial charge in [0.25, 0.3) is 0 Å². The number of rotatable bonds is 7. The van der Waals surface area contributed by atoms with Gasteiger partial charge in [0, 0.05) is 10.6 Å². The molecule has 2 aromatic rings. The second-order valence-corrected chi connectivity index (χ2v) is 5.76. The van der Waals surface area contributed by atoms with Gasteiger partial charge in [-0.05, 0) is 48.0 Å². The topological polar surface area (TPSA) is 98.9 Å². The molecular formula is C19H18ClNO5. The Hall–Kier alpha value is -2.67. The average Bonchev–Trinajstić information content (AvgIpc) is 2.66. The number of allylic oxidation sites excluding steroid dienone is 1. The van der Waals surface area contributed by atoms with E-state index in [1.807, 2.05) is 0 Å². The van der Waals surface area contributed by atoms with Gasteiger partial charge in [0.2, 0.25) is 0 Å². The van der Waals surface area contributed by atoms with Gasteiger partial charge in [-0.1, -0.05) is 23.7 Å². The maximum absolute atomic E-state index is 12.1. The molecule has 0 aliphatic rings. The highest BCUT2D eigenvalue weighted by Gasteiger charge is 2.17. The van der Waals surface area contributed by atoms with Crippen LogP contribution in [0.3, 0.4) is 0 Å². The molecule has 0 spiro atoms. The Balaban J connectivity index is 2.14. The van der Waals surface area contributed by atoms with Crippen molar-refractivity contribution < 1.29 is 24.2 Å². The summed E-state index contributed by atoms with van der Waals surface area (Å²) in [6.45, 7) is -0.519. The highest BCUT2D eigenvalue weighted by Crippen LogP contribution is 2.29. The summed E-state index contributed by atoms with van der Waals surface area (Å²) in [6.07, 6.45) is 3.04. The Morgan fingerprint density at radius 3 is 2.50 bits per heavy atom. The molecule has 2 aromatic carbocycles. The molecule has 0 saturated carbocycles. The molecule has 0 unspecified atom stereocenters. The van der Waals surface area contributed by atoms with Gasteiger partial charge in [-0.15, -0.1) is 0 Å². The van der Waals surface area contributed by atoms with Crippen LogP contribution in [-0.4, -0.2) is 36.6 Å². The number of halogens is 1. The van der Waals surface area contributed by atoms with E-state index in [9.17, 15) is 9.59 Å². The minimum atomic E-state index is -1.13. The lowest BCUT2D eigenvalue weighted by Gasteiger charge is -2.12. The summed E-state index contributed by atoms with van der Waals surface area (Å²) in [7, 11) is 1.42. The van der Waals surface area contributed by atoms with Crippen molar-refractivity contribution in [2.24, 2.45) is 5.73 Å². The van der Waals surface area contributed by atoms with Gasteiger partial charge < -0.3 is 20.3 Å². The van der Waals surface area contributed by atoms with E-state index in [1.165, 1.54) is 19.3 Å². The molecule has 0 aliphatic heterocycles. The summed E-state index contributed by atoms with van der Waals surface area (Å²) < 4.78 is 10.3. The van der Waals surface area contributed by atoms with Crippen LogP contribution in [0, 0.1) is 0 Å². The molecule has 0 aliphatic carbocycles. The Morgan fingerprint density at radius 1 is 1.19 bits per heavy atom. The van der Waals surface area contributed by atoms with Crippen molar-refractivity contribution in [3.8, 4) is 11.5 Å². The first-order valence-corrected chi connectivity index (χ1v) is 8.06. The van der Waals surface area contributed by atoms with E-state index in [-0.39, 0.29) is 11.5 Å². The van der Waals surface area contributed by atoms with E-state index in [0.717, 1.165) is 0 Å². The number of esters is 1. The Labute approximate surface area is 155 Å². The van der Waals surface area contributed by atoms with Gasteiger partial charge in [0.05, 0.1) is 13.7 Å². The van der Waals surface area contributed by atoms with E-state index in [2.05, 4.69) is 0 Å². The predicted molar refractivity (Wildman–Crippen MR) is 98.5 cm³/mol. The number of aliphatic hydroxyl groups excluding tert-OH is 1. The first kappa shape index (κ1) is 19.7. The molecule has 0 radical (unpaired) electrons. The fourth-order valence-corrected chi connectivity index (χ4v) is 2.14. The standard InChI is InChI=1S/C19H18ClNO5/c1-25-18-10-12(3-9-17(18)26-19(24)15(21)11-22)2-8-16(23)13-4-6-14(20)7-5-13/h2-10,15,22H,11,21H2,1H3/b8-2+/t15-/m1/s1. The highest BCUT2D eigenvalue weighted by atomic mass is 35.5. The molecular weight excluding hydrogens is 358 g/mol. The molecule has 3 N–H and O–H groups in total. The quantitative estimate of drug-likeness (QED) is 0.334. The third kappa shape index (κ3) is 5.16. The molecule has 0 amide bonds. The number of hydrogen-bond acceptors (Lipinski definition) is 6. The molecule has 0 saturated heterocycles. The lowest BCUT2D eigenvalue weighted by atomic mass is 10.1. The molecule has 26 heavy (non-hydrogen) atoms. The van der Waals surface area contributed by atoms with E-state index >= 15 is 0 Å². The van der Waals surface area contributed by atoms with Crippen LogP contribution in [0.4, 0.5) is 0 Å². The molecule has 0 aromatic heterocycles. The maximum atomic E-state index is 12.1. The lowest BCUT2D eigenvalue weighted by Crippen LogP contribution is -2.37. The zero-order chi connectivity index (χ0) is 19.1. The molecule has 6 nitrogen and oxygen atoms in total. The molecule has 2 rings (SSSR count). The number of benzene rings is 2. The maximum Gasteiger partial charge on any atom is 0.330 e. The van der Waals surface area contributed by atoms with Crippen LogP contribution >= 0.6 is 11.6 Å². The van der Waals surface area contributed by atoms with E-state index in [0.29, 0.717) is 21.9 Å². The van der Waals surface area contributed by atoms with Crippen LogP contribution in [0.15, 0.2) is 48.5 Å². The minimum Gasteiger partial charge on any atom is -0.493 e. The smallest absolute Gasteiger partial charge is 0.330 e. The summed E-state index contributed by atoms with van der Waals surface area (Å²) in [6, 6.07) is 10.2. The third-order valence-corrected chi connectivity index (χ3v) is 3.71. The van der Waals surface area contributed by atoms with E-state index in [4.69, 9.17) is 31.9 Å². The van der Waals surface area contributed by atoms with E-state index in [1.54, 1.807) is 42.5 Å². The summed E-state index contributed by atoms with van der Waals surface area (Å²) in [5.41, 5.74) is 6.60. The molecule has 0 heterocycles. The number of aliphatic hydroxyl groups is 1. The fraction of sp³-hybridized carbons (Fsp3) is 0.158. The highest BCUT2D eigenvalue weighted by molar-refractivity contribution is 6.30. The van der Waals surface area contributed by atoms with Crippen molar-refractivity contribution in [2.45, 2.75) is 6.04 Å². The number of nitrogens with two attached hydrogens (primary N) is 1. The monoisotopic (exact) mass is 375 g/mol. The van der Waals surface area contributed by atoms with Crippen LogP contribution < -0.4 is 15.2 Å². The zero-order valence-electron chi connectivity index (χ0n) is 14.0. The number of carbonyl (C=O) groups excluding carboxylic acids is 2. The second-order valence-electron chi connectivity index (χ2n) is 5.32. The first-order chi connectivity index (χ1) is 12.4. The van der Waals surface area contributed by atoms with Crippen LogP contribution in [-0.2, 0) is 4.79 Å². The molecule has 7 heteroatoms. The molecule has 0 bridgehead atoms. The van der Waals surface area contributed by atoms with Crippen molar-refractivity contribution in [1.29, 1.82) is 0 Å². The number of methoxy groups -OCH3 is 1. The largest absolute Gasteiger partial charge is 0.493 e. The van der Waals surface area contributed by atoms with Gasteiger partial charge in [-0.2, -0.15) is 0 Å². The third-order valence-electron chi connectivity index (χ3n) is 3.45.